The van der Waals surface area contributed by atoms with Crippen LogP contribution in [0.1, 0.15) is 38.0 Å². The molecule has 0 saturated heterocycles. The fourth-order valence-corrected chi connectivity index (χ4v) is 2.57. The highest BCUT2D eigenvalue weighted by Gasteiger charge is 2.09. The molecular weight excluding hydrogens is 469 g/mol. The molecule has 3 N–H and O–H groups in total. The summed E-state index contributed by atoms with van der Waals surface area (Å²) >= 11 is 0. The molecule has 0 bridgehead atoms. The van der Waals surface area contributed by atoms with Crippen molar-refractivity contribution in [3.63, 3.8) is 0 Å². The summed E-state index contributed by atoms with van der Waals surface area (Å²) in [6, 6.07) is 7.52. The second-order valence-electron chi connectivity index (χ2n) is 6.68. The molecule has 0 amide bonds. The van der Waals surface area contributed by atoms with E-state index in [0.717, 1.165) is 30.0 Å². The number of halogens is 1. The molecule has 0 spiro atoms. The number of aryl methyl sites for hydroxylation is 1. The lowest BCUT2D eigenvalue weighted by molar-refractivity contribution is 0.185. The van der Waals surface area contributed by atoms with Gasteiger partial charge in [0.25, 0.3) is 0 Å². The summed E-state index contributed by atoms with van der Waals surface area (Å²) in [4.78, 5) is 4.49. The van der Waals surface area contributed by atoms with Crippen LogP contribution >= 0.6 is 24.0 Å². The van der Waals surface area contributed by atoms with E-state index in [4.69, 9.17) is 4.74 Å². The van der Waals surface area contributed by atoms with Crippen LogP contribution in [0.3, 0.4) is 0 Å². The van der Waals surface area contributed by atoms with Crippen LogP contribution in [0.25, 0.3) is 0 Å². The van der Waals surface area contributed by atoms with Gasteiger partial charge in [0, 0.05) is 19.3 Å². The van der Waals surface area contributed by atoms with Gasteiger partial charge < -0.3 is 20.5 Å². The highest BCUT2D eigenvalue weighted by atomic mass is 127. The summed E-state index contributed by atoms with van der Waals surface area (Å²) in [5, 5.41) is 21.2. The third-order valence-electron chi connectivity index (χ3n) is 3.78. The van der Waals surface area contributed by atoms with Crippen LogP contribution in [-0.4, -0.2) is 46.6 Å². The largest absolute Gasteiger partial charge is 0.491 e. The van der Waals surface area contributed by atoms with Crippen LogP contribution in [0.15, 0.2) is 41.7 Å². The van der Waals surface area contributed by atoms with Gasteiger partial charge in [0.15, 0.2) is 5.96 Å². The Morgan fingerprint density at radius 2 is 2.11 bits per heavy atom. The second-order valence-corrected chi connectivity index (χ2v) is 6.68. The maximum absolute atomic E-state index is 10.5. The third kappa shape index (κ3) is 8.47. The fraction of sp³-hybridized carbons (Fsp3) is 0.500. The van der Waals surface area contributed by atoms with Crippen LogP contribution < -0.4 is 15.4 Å². The van der Waals surface area contributed by atoms with Gasteiger partial charge in [0.2, 0.25) is 0 Å². The number of aromatic nitrogens is 2. The van der Waals surface area contributed by atoms with Gasteiger partial charge in [-0.25, -0.2) is 0 Å². The molecular formula is C20H32IN5O2. The Hall–Kier alpha value is -1.81. The molecule has 0 aliphatic carbocycles. The molecule has 2 rings (SSSR count). The number of benzene rings is 1. The maximum atomic E-state index is 10.5. The zero-order valence-electron chi connectivity index (χ0n) is 17.1. The minimum Gasteiger partial charge on any atom is -0.491 e. The number of aliphatic hydroxyl groups excluding tert-OH is 1. The lowest BCUT2D eigenvalue weighted by Gasteiger charge is -2.15. The minimum atomic E-state index is -0.690. The van der Waals surface area contributed by atoms with E-state index >= 15 is 0 Å². The van der Waals surface area contributed by atoms with Crippen molar-refractivity contribution in [1.82, 2.24) is 20.4 Å². The van der Waals surface area contributed by atoms with Gasteiger partial charge in [-0.3, -0.25) is 9.67 Å². The topological polar surface area (TPSA) is 83.7 Å². The Kier molecular flexibility index (Phi) is 10.9. The molecule has 156 valence electrons. The molecule has 1 aromatic carbocycles. The molecule has 1 unspecified atom stereocenters. The Labute approximate surface area is 184 Å². The molecule has 0 aliphatic rings. The van der Waals surface area contributed by atoms with Crippen molar-refractivity contribution in [3.05, 3.63) is 47.8 Å². The van der Waals surface area contributed by atoms with Crippen LogP contribution in [0, 0.1) is 6.92 Å². The number of guanidine groups is 1. The summed E-state index contributed by atoms with van der Waals surface area (Å²) in [6.07, 6.45) is 3.25. The molecule has 2 aromatic rings. The molecule has 0 saturated carbocycles. The maximum Gasteiger partial charge on any atom is 0.191 e. The van der Waals surface area contributed by atoms with E-state index in [9.17, 15) is 5.11 Å². The predicted molar refractivity (Wildman–Crippen MR) is 124 cm³/mol. The zero-order valence-corrected chi connectivity index (χ0v) is 19.4. The first-order valence-electron chi connectivity index (χ1n) is 9.44. The zero-order chi connectivity index (χ0) is 19.6. The number of aliphatic hydroxyl groups is 1. The molecule has 28 heavy (non-hydrogen) atoms. The van der Waals surface area contributed by atoms with E-state index in [1.807, 2.05) is 69.0 Å². The Morgan fingerprint density at radius 1 is 1.32 bits per heavy atom. The smallest absolute Gasteiger partial charge is 0.191 e. The van der Waals surface area contributed by atoms with E-state index in [1.165, 1.54) is 0 Å². The summed E-state index contributed by atoms with van der Waals surface area (Å²) in [7, 11) is 0. The first-order valence-corrected chi connectivity index (χ1v) is 9.44. The van der Waals surface area contributed by atoms with Crippen LogP contribution in [0.2, 0.25) is 0 Å². The minimum absolute atomic E-state index is 0. The predicted octanol–water partition coefficient (Wildman–Crippen LogP) is 2.89. The molecule has 0 aliphatic heterocycles. The molecule has 0 radical (unpaired) electrons. The van der Waals surface area contributed by atoms with E-state index in [2.05, 4.69) is 20.7 Å². The Balaban J connectivity index is 0.00000392. The van der Waals surface area contributed by atoms with Gasteiger partial charge in [0.1, 0.15) is 5.75 Å². The first kappa shape index (κ1) is 24.2. The number of rotatable bonds is 9. The van der Waals surface area contributed by atoms with Crippen molar-refractivity contribution in [3.8, 4) is 5.75 Å². The number of hydrogen-bond donors (Lipinski definition) is 3. The summed E-state index contributed by atoms with van der Waals surface area (Å²) in [5.41, 5.74) is 1.93. The summed E-state index contributed by atoms with van der Waals surface area (Å²) < 4.78 is 7.58. The molecule has 8 heteroatoms. The van der Waals surface area contributed by atoms with Crippen molar-refractivity contribution in [2.75, 3.05) is 19.6 Å². The molecule has 1 heterocycles. The molecule has 1 aromatic heterocycles. The quantitative estimate of drug-likeness (QED) is 0.280. The van der Waals surface area contributed by atoms with E-state index in [1.54, 1.807) is 0 Å². The first-order chi connectivity index (χ1) is 13.0. The van der Waals surface area contributed by atoms with E-state index in [-0.39, 0.29) is 36.6 Å². The van der Waals surface area contributed by atoms with E-state index in [0.29, 0.717) is 12.5 Å². The van der Waals surface area contributed by atoms with Crippen LogP contribution in [0.4, 0.5) is 0 Å². The standard InChI is InChI=1S/C20H31N5O2.HI/c1-5-21-20(22-9-10-25-14-16(4)12-24-25)23-13-19(26)17-7-6-8-18(11-17)27-15(2)3;/h6-8,11-12,14-15,19,26H,5,9-10,13H2,1-4H3,(H2,21,22,23);1H. The Bertz CT molecular complexity index is 733. The Morgan fingerprint density at radius 3 is 2.75 bits per heavy atom. The summed E-state index contributed by atoms with van der Waals surface area (Å²) in [5.74, 6) is 1.43. The highest BCUT2D eigenvalue weighted by molar-refractivity contribution is 14.0. The monoisotopic (exact) mass is 501 g/mol. The van der Waals surface area contributed by atoms with Gasteiger partial charge in [0.05, 0.1) is 31.5 Å². The number of nitrogens with one attached hydrogen (secondary N) is 2. The fourth-order valence-electron chi connectivity index (χ4n) is 2.57. The average Bonchev–Trinajstić information content (AvgIpc) is 3.04. The molecule has 1 atom stereocenters. The van der Waals surface area contributed by atoms with Crippen LogP contribution in [0.5, 0.6) is 5.75 Å². The van der Waals surface area contributed by atoms with Gasteiger partial charge in [-0.1, -0.05) is 12.1 Å². The van der Waals surface area contributed by atoms with Crippen molar-refractivity contribution in [2.45, 2.75) is 46.4 Å². The number of nitrogens with zero attached hydrogens (tertiary/aromatic N) is 3. The molecule has 7 nitrogen and oxygen atoms in total. The molecule has 0 fully saturated rings. The SMILES string of the molecule is CCNC(=NCC(O)c1cccc(OC(C)C)c1)NCCn1cc(C)cn1.I. The normalized spacial score (nSPS) is 12.4. The van der Waals surface area contributed by atoms with Crippen molar-refractivity contribution in [1.29, 1.82) is 0 Å². The van der Waals surface area contributed by atoms with Gasteiger partial charge in [-0.2, -0.15) is 5.10 Å². The number of hydrogen-bond acceptors (Lipinski definition) is 4. The summed E-state index contributed by atoms with van der Waals surface area (Å²) in [6.45, 7) is 10.4. The van der Waals surface area contributed by atoms with Crippen molar-refractivity contribution in [2.24, 2.45) is 4.99 Å². The highest BCUT2D eigenvalue weighted by Crippen LogP contribution is 2.20. The average molecular weight is 501 g/mol. The third-order valence-corrected chi connectivity index (χ3v) is 3.78. The van der Waals surface area contributed by atoms with Crippen molar-refractivity contribution >= 4 is 29.9 Å². The second kappa shape index (κ2) is 12.6. The van der Waals surface area contributed by atoms with Gasteiger partial charge in [-0.15, -0.1) is 24.0 Å². The number of ether oxygens (including phenoxy) is 1. The van der Waals surface area contributed by atoms with E-state index < -0.39 is 6.10 Å². The van der Waals surface area contributed by atoms with Crippen molar-refractivity contribution < 1.29 is 9.84 Å². The number of aliphatic imine (C=N–C) groups is 1. The van der Waals surface area contributed by atoms with Gasteiger partial charge in [-0.05, 0) is 51.0 Å². The van der Waals surface area contributed by atoms with Crippen LogP contribution in [-0.2, 0) is 6.54 Å². The lowest BCUT2D eigenvalue weighted by atomic mass is 10.1. The van der Waals surface area contributed by atoms with Gasteiger partial charge >= 0.3 is 0 Å². The lowest BCUT2D eigenvalue weighted by Crippen LogP contribution is -2.39.